The second-order valence-electron chi connectivity index (χ2n) is 5.50. The van der Waals surface area contributed by atoms with Gasteiger partial charge < -0.3 is 19.1 Å². The van der Waals surface area contributed by atoms with E-state index in [1.54, 1.807) is 7.11 Å². The van der Waals surface area contributed by atoms with Gasteiger partial charge in [-0.2, -0.15) is 0 Å². The van der Waals surface area contributed by atoms with Gasteiger partial charge in [-0.25, -0.2) is 0 Å². The van der Waals surface area contributed by atoms with Crippen molar-refractivity contribution in [3.05, 3.63) is 28.2 Å². The average molecular weight is 373 g/mol. The molecule has 0 saturated carbocycles. The minimum absolute atomic E-state index is 0.244. The Morgan fingerprint density at radius 1 is 1.14 bits per heavy atom. The summed E-state index contributed by atoms with van der Waals surface area (Å²) in [4.78, 5) is 4.85. The van der Waals surface area contributed by atoms with Gasteiger partial charge in [-0.1, -0.05) is 22.0 Å². The van der Waals surface area contributed by atoms with Gasteiger partial charge in [0.2, 0.25) is 0 Å². The quantitative estimate of drug-likeness (QED) is 0.516. The number of piperazine rings is 1. The fourth-order valence-corrected chi connectivity index (χ4v) is 2.79. The van der Waals surface area contributed by atoms with Gasteiger partial charge in [0, 0.05) is 44.3 Å². The van der Waals surface area contributed by atoms with Crippen molar-refractivity contribution in [1.29, 1.82) is 0 Å². The Hall–Kier alpha value is -0.660. The van der Waals surface area contributed by atoms with Gasteiger partial charge in [0.15, 0.2) is 6.79 Å². The maximum atomic E-state index is 5.56. The van der Waals surface area contributed by atoms with Crippen LogP contribution < -0.4 is 4.74 Å². The Morgan fingerprint density at radius 3 is 2.59 bits per heavy atom. The summed E-state index contributed by atoms with van der Waals surface area (Å²) in [7, 11) is 3.83. The minimum atomic E-state index is 0.244. The minimum Gasteiger partial charge on any atom is -0.468 e. The molecular formula is C16H25BrN2O3. The highest BCUT2D eigenvalue weighted by Crippen LogP contribution is 2.24. The molecule has 2 rings (SSSR count). The Bertz CT molecular complexity index is 451. The van der Waals surface area contributed by atoms with Crippen LogP contribution in [0, 0.1) is 0 Å². The predicted octanol–water partition coefficient (Wildman–Crippen LogP) is 2.20. The third kappa shape index (κ3) is 5.85. The lowest BCUT2D eigenvalue weighted by atomic mass is 10.2. The van der Waals surface area contributed by atoms with Gasteiger partial charge in [-0.05, 0) is 24.7 Å². The molecule has 1 aliphatic heterocycles. The maximum Gasteiger partial charge on any atom is 0.189 e. The molecular weight excluding hydrogens is 348 g/mol. The number of rotatable bonds is 8. The Balaban J connectivity index is 1.79. The van der Waals surface area contributed by atoms with E-state index < -0.39 is 0 Å². The smallest absolute Gasteiger partial charge is 0.189 e. The molecule has 0 unspecified atom stereocenters. The van der Waals surface area contributed by atoms with Gasteiger partial charge in [0.25, 0.3) is 0 Å². The molecule has 1 fully saturated rings. The molecule has 0 N–H and O–H groups in total. The lowest BCUT2D eigenvalue weighted by molar-refractivity contribution is -0.00850. The summed E-state index contributed by atoms with van der Waals surface area (Å²) in [6.45, 7) is 6.85. The highest BCUT2D eigenvalue weighted by atomic mass is 79.9. The van der Waals surface area contributed by atoms with E-state index in [1.807, 2.05) is 12.1 Å². The first kappa shape index (κ1) is 17.7. The predicted molar refractivity (Wildman–Crippen MR) is 90.2 cm³/mol. The molecule has 0 radical (unpaired) electrons. The number of hydrogen-bond donors (Lipinski definition) is 0. The molecule has 6 heteroatoms. The summed E-state index contributed by atoms with van der Waals surface area (Å²) < 4.78 is 16.9. The van der Waals surface area contributed by atoms with Crippen LogP contribution in [0.4, 0.5) is 0 Å². The van der Waals surface area contributed by atoms with E-state index in [1.165, 1.54) is 5.56 Å². The average Bonchev–Trinajstić information content (AvgIpc) is 2.52. The summed E-state index contributed by atoms with van der Waals surface area (Å²) in [5.74, 6) is 0.811. The van der Waals surface area contributed by atoms with Gasteiger partial charge >= 0.3 is 0 Å². The van der Waals surface area contributed by atoms with Crippen molar-refractivity contribution in [3.8, 4) is 5.75 Å². The van der Waals surface area contributed by atoms with Crippen molar-refractivity contribution in [2.75, 3.05) is 60.3 Å². The summed E-state index contributed by atoms with van der Waals surface area (Å²) in [6, 6.07) is 6.12. The molecule has 0 atom stereocenters. The highest BCUT2D eigenvalue weighted by molar-refractivity contribution is 9.10. The zero-order valence-corrected chi connectivity index (χ0v) is 15.0. The first-order chi connectivity index (χ1) is 10.7. The Kier molecular flexibility index (Phi) is 7.62. The molecule has 22 heavy (non-hydrogen) atoms. The monoisotopic (exact) mass is 372 g/mol. The van der Waals surface area contributed by atoms with Crippen LogP contribution in [0.2, 0.25) is 0 Å². The normalized spacial score (nSPS) is 16.9. The molecule has 5 nitrogen and oxygen atoms in total. The van der Waals surface area contributed by atoms with Gasteiger partial charge in [-0.15, -0.1) is 0 Å². The van der Waals surface area contributed by atoms with E-state index in [0.29, 0.717) is 13.2 Å². The molecule has 124 valence electrons. The highest BCUT2D eigenvalue weighted by Gasteiger charge is 2.15. The summed E-state index contributed by atoms with van der Waals surface area (Å²) in [6.07, 6.45) is 0. The Morgan fingerprint density at radius 2 is 1.91 bits per heavy atom. The summed E-state index contributed by atoms with van der Waals surface area (Å²) in [5, 5.41) is 0. The zero-order valence-electron chi connectivity index (χ0n) is 13.4. The SMILES string of the molecule is COCCOCOc1ccc(CN2CCN(C)CC2)c(Br)c1. The Labute approximate surface area is 141 Å². The number of halogens is 1. The van der Waals surface area contributed by atoms with Crippen LogP contribution in [0.25, 0.3) is 0 Å². The molecule has 0 amide bonds. The van der Waals surface area contributed by atoms with Gasteiger partial charge in [-0.3, -0.25) is 4.90 Å². The summed E-state index contributed by atoms with van der Waals surface area (Å²) in [5.41, 5.74) is 1.29. The number of likely N-dealkylation sites (N-methyl/N-ethyl adjacent to an activating group) is 1. The molecule has 1 heterocycles. The topological polar surface area (TPSA) is 34.2 Å². The fraction of sp³-hybridized carbons (Fsp3) is 0.625. The third-order valence-electron chi connectivity index (χ3n) is 3.76. The fourth-order valence-electron chi connectivity index (χ4n) is 2.30. The van der Waals surface area contributed by atoms with Gasteiger partial charge in [0.05, 0.1) is 13.2 Å². The molecule has 1 aromatic carbocycles. The third-order valence-corrected chi connectivity index (χ3v) is 4.49. The summed E-state index contributed by atoms with van der Waals surface area (Å²) >= 11 is 3.64. The van der Waals surface area contributed by atoms with E-state index in [2.05, 4.69) is 38.8 Å². The van der Waals surface area contributed by atoms with E-state index >= 15 is 0 Å². The van der Waals surface area contributed by atoms with Crippen molar-refractivity contribution in [1.82, 2.24) is 9.80 Å². The van der Waals surface area contributed by atoms with Crippen LogP contribution in [0.3, 0.4) is 0 Å². The van der Waals surface area contributed by atoms with E-state index in [4.69, 9.17) is 14.2 Å². The van der Waals surface area contributed by atoms with Gasteiger partial charge in [0.1, 0.15) is 5.75 Å². The van der Waals surface area contributed by atoms with Crippen molar-refractivity contribution in [3.63, 3.8) is 0 Å². The number of methoxy groups -OCH3 is 1. The first-order valence-electron chi connectivity index (χ1n) is 7.58. The maximum absolute atomic E-state index is 5.56. The lowest BCUT2D eigenvalue weighted by Gasteiger charge is -2.32. The molecule has 1 aromatic rings. The second-order valence-corrected chi connectivity index (χ2v) is 6.35. The number of benzene rings is 1. The van der Waals surface area contributed by atoms with Crippen molar-refractivity contribution in [2.24, 2.45) is 0 Å². The largest absolute Gasteiger partial charge is 0.468 e. The van der Waals surface area contributed by atoms with E-state index in [0.717, 1.165) is 42.9 Å². The lowest BCUT2D eigenvalue weighted by Crippen LogP contribution is -2.43. The van der Waals surface area contributed by atoms with Crippen LogP contribution in [0.15, 0.2) is 22.7 Å². The molecule has 0 aliphatic carbocycles. The molecule has 0 spiro atoms. The molecule has 1 saturated heterocycles. The number of ether oxygens (including phenoxy) is 3. The number of nitrogens with zero attached hydrogens (tertiary/aromatic N) is 2. The molecule has 0 aromatic heterocycles. The molecule has 1 aliphatic rings. The number of hydrogen-bond acceptors (Lipinski definition) is 5. The van der Waals surface area contributed by atoms with Crippen molar-refractivity contribution >= 4 is 15.9 Å². The van der Waals surface area contributed by atoms with E-state index in [-0.39, 0.29) is 6.79 Å². The van der Waals surface area contributed by atoms with Crippen molar-refractivity contribution in [2.45, 2.75) is 6.54 Å². The van der Waals surface area contributed by atoms with E-state index in [9.17, 15) is 0 Å². The first-order valence-corrected chi connectivity index (χ1v) is 8.37. The van der Waals surface area contributed by atoms with Crippen LogP contribution in [0.1, 0.15) is 5.56 Å². The van der Waals surface area contributed by atoms with Crippen LogP contribution in [-0.2, 0) is 16.0 Å². The van der Waals surface area contributed by atoms with Crippen LogP contribution in [-0.4, -0.2) is 70.1 Å². The van der Waals surface area contributed by atoms with Crippen molar-refractivity contribution < 1.29 is 14.2 Å². The zero-order chi connectivity index (χ0) is 15.8. The van der Waals surface area contributed by atoms with Crippen LogP contribution >= 0.6 is 15.9 Å². The standard InChI is InChI=1S/C16H25BrN2O3/c1-18-5-7-19(8-6-18)12-14-3-4-15(11-16(14)17)22-13-21-10-9-20-2/h3-4,11H,5-10,12-13H2,1-2H3. The second kappa shape index (κ2) is 9.47. The van der Waals surface area contributed by atoms with Crippen LogP contribution in [0.5, 0.6) is 5.75 Å². The molecule has 0 bridgehead atoms.